The molecule has 3 nitrogen and oxygen atoms in total. The number of nitriles is 1. The molecule has 2 rings (SSSR count). The smallest absolute Gasteiger partial charge is 0.0670 e. The summed E-state index contributed by atoms with van der Waals surface area (Å²) in [6, 6.07) is 14.4. The second-order valence-corrected chi connectivity index (χ2v) is 5.12. The molecule has 0 unspecified atom stereocenters. The molecule has 0 amide bonds. The number of nitrogens with two attached hydrogens (primary N) is 1. The van der Waals surface area contributed by atoms with Crippen LogP contribution in [-0.4, -0.2) is 7.05 Å². The van der Waals surface area contributed by atoms with E-state index in [0.29, 0.717) is 12.1 Å². The summed E-state index contributed by atoms with van der Waals surface area (Å²) in [5.74, 6) is 0. The number of anilines is 3. The largest absolute Gasteiger partial charge is 0.398 e. The highest BCUT2D eigenvalue weighted by molar-refractivity contribution is 5.67. The maximum Gasteiger partial charge on any atom is 0.0670 e. The minimum Gasteiger partial charge on any atom is -0.398 e. The van der Waals surface area contributed by atoms with E-state index in [-0.39, 0.29) is 0 Å². The Kier molecular flexibility index (Phi) is 3.95. The number of rotatable bonds is 3. The molecule has 0 saturated heterocycles. The lowest BCUT2D eigenvalue weighted by Crippen LogP contribution is -2.10. The van der Waals surface area contributed by atoms with Gasteiger partial charge in [-0.25, -0.2) is 0 Å². The minimum absolute atomic E-state index is 0.334. The molecule has 0 aliphatic heterocycles. The van der Waals surface area contributed by atoms with E-state index in [4.69, 9.17) is 11.0 Å². The molecule has 2 N–H and O–H groups in total. The van der Waals surface area contributed by atoms with Crippen LogP contribution in [0.15, 0.2) is 36.4 Å². The Hall–Kier alpha value is -2.47. The first-order valence-corrected chi connectivity index (χ1v) is 6.58. The summed E-state index contributed by atoms with van der Waals surface area (Å²) in [4.78, 5) is 2.11. The van der Waals surface area contributed by atoms with Crippen LogP contribution in [0.1, 0.15) is 16.7 Å². The normalized spacial score (nSPS) is 10.1. The number of hydrogen-bond donors (Lipinski definition) is 1. The average molecular weight is 265 g/mol. The molecule has 0 spiro atoms. The first-order valence-electron chi connectivity index (χ1n) is 6.58. The van der Waals surface area contributed by atoms with Gasteiger partial charge in [0, 0.05) is 24.1 Å². The number of benzene rings is 2. The van der Waals surface area contributed by atoms with Gasteiger partial charge in [-0.3, -0.25) is 0 Å². The van der Waals surface area contributed by atoms with Crippen molar-refractivity contribution < 1.29 is 0 Å². The van der Waals surface area contributed by atoms with E-state index in [1.807, 2.05) is 25.2 Å². The quantitative estimate of drug-likeness (QED) is 0.860. The number of hydrogen-bond acceptors (Lipinski definition) is 3. The Balaban J connectivity index is 2.40. The summed E-state index contributed by atoms with van der Waals surface area (Å²) >= 11 is 0. The molecule has 0 aromatic heterocycles. The minimum atomic E-state index is 0.334. The molecule has 2 aromatic carbocycles. The van der Waals surface area contributed by atoms with E-state index >= 15 is 0 Å². The van der Waals surface area contributed by atoms with Crippen molar-refractivity contribution in [1.82, 2.24) is 0 Å². The SMILES string of the molecule is Cc1cc(C)cc(N(C)c2ccc(N)c(CC#N)c2)c1. The fourth-order valence-electron chi connectivity index (χ4n) is 2.33. The van der Waals surface area contributed by atoms with Gasteiger partial charge in [-0.05, 0) is 60.9 Å². The van der Waals surface area contributed by atoms with Gasteiger partial charge < -0.3 is 10.6 Å². The summed E-state index contributed by atoms with van der Waals surface area (Å²) < 4.78 is 0. The lowest BCUT2D eigenvalue weighted by Gasteiger charge is -2.21. The second-order valence-electron chi connectivity index (χ2n) is 5.12. The zero-order valence-electron chi connectivity index (χ0n) is 12.1. The molecule has 0 atom stereocenters. The standard InChI is InChI=1S/C17H19N3/c1-12-8-13(2)10-16(9-12)20(3)15-4-5-17(19)14(11-15)6-7-18/h4-5,8-11H,6,19H2,1-3H3. The second kappa shape index (κ2) is 5.66. The summed E-state index contributed by atoms with van der Waals surface area (Å²) in [5, 5.41) is 8.84. The first-order chi connectivity index (χ1) is 9.51. The summed E-state index contributed by atoms with van der Waals surface area (Å²) in [7, 11) is 2.02. The Labute approximate surface area is 120 Å². The van der Waals surface area contributed by atoms with Gasteiger partial charge in [0.25, 0.3) is 0 Å². The van der Waals surface area contributed by atoms with Gasteiger partial charge >= 0.3 is 0 Å². The van der Waals surface area contributed by atoms with E-state index < -0.39 is 0 Å². The average Bonchev–Trinajstić information content (AvgIpc) is 2.39. The number of nitrogens with zero attached hydrogens (tertiary/aromatic N) is 2. The van der Waals surface area contributed by atoms with E-state index in [1.165, 1.54) is 11.1 Å². The van der Waals surface area contributed by atoms with Crippen LogP contribution < -0.4 is 10.6 Å². The fraction of sp³-hybridized carbons (Fsp3) is 0.235. The number of aryl methyl sites for hydroxylation is 2. The van der Waals surface area contributed by atoms with Crippen LogP contribution in [0, 0.1) is 25.2 Å². The van der Waals surface area contributed by atoms with Crippen molar-refractivity contribution in [3.8, 4) is 6.07 Å². The molecule has 2 aromatic rings. The zero-order valence-corrected chi connectivity index (χ0v) is 12.1. The third-order valence-electron chi connectivity index (χ3n) is 3.38. The number of nitrogen functional groups attached to an aromatic ring is 1. The van der Waals surface area contributed by atoms with Crippen molar-refractivity contribution in [3.05, 3.63) is 53.1 Å². The van der Waals surface area contributed by atoms with E-state index in [2.05, 4.69) is 43.0 Å². The molecule has 0 fully saturated rings. The van der Waals surface area contributed by atoms with Crippen LogP contribution in [0.3, 0.4) is 0 Å². The molecule has 0 aliphatic rings. The van der Waals surface area contributed by atoms with Crippen molar-refractivity contribution >= 4 is 17.1 Å². The summed E-state index contributed by atoms with van der Waals surface area (Å²) in [5.41, 5.74) is 12.1. The van der Waals surface area contributed by atoms with Gasteiger partial charge in [0.15, 0.2) is 0 Å². The van der Waals surface area contributed by atoms with Crippen LogP contribution in [-0.2, 0) is 6.42 Å². The lowest BCUT2D eigenvalue weighted by atomic mass is 10.1. The molecule has 0 radical (unpaired) electrons. The Bertz CT molecular complexity index is 648. The molecular formula is C17H19N3. The predicted molar refractivity (Wildman–Crippen MR) is 84.2 cm³/mol. The van der Waals surface area contributed by atoms with Crippen molar-refractivity contribution in [1.29, 1.82) is 5.26 Å². The van der Waals surface area contributed by atoms with Crippen molar-refractivity contribution in [2.75, 3.05) is 17.7 Å². The first kappa shape index (κ1) is 14.0. The molecule has 20 heavy (non-hydrogen) atoms. The van der Waals surface area contributed by atoms with Crippen molar-refractivity contribution in [3.63, 3.8) is 0 Å². The summed E-state index contributed by atoms with van der Waals surface area (Å²) in [6.07, 6.45) is 0.334. The third kappa shape index (κ3) is 2.92. The molecule has 0 aliphatic carbocycles. The van der Waals surface area contributed by atoms with Crippen molar-refractivity contribution in [2.45, 2.75) is 20.3 Å². The highest BCUT2D eigenvalue weighted by atomic mass is 15.1. The Morgan fingerprint density at radius 2 is 1.70 bits per heavy atom. The predicted octanol–water partition coefficient (Wildman–Crippen LogP) is 3.72. The molecule has 0 bridgehead atoms. The maximum atomic E-state index is 8.84. The van der Waals surface area contributed by atoms with Gasteiger partial charge in [0.2, 0.25) is 0 Å². The maximum absolute atomic E-state index is 8.84. The van der Waals surface area contributed by atoms with Gasteiger partial charge in [0.05, 0.1) is 12.5 Å². The molecule has 0 saturated carbocycles. The topological polar surface area (TPSA) is 53.0 Å². The van der Waals surface area contributed by atoms with Gasteiger partial charge in [0.1, 0.15) is 0 Å². The van der Waals surface area contributed by atoms with Crippen LogP contribution in [0.25, 0.3) is 0 Å². The fourth-order valence-corrected chi connectivity index (χ4v) is 2.33. The Morgan fingerprint density at radius 1 is 1.05 bits per heavy atom. The highest BCUT2D eigenvalue weighted by Gasteiger charge is 2.08. The third-order valence-corrected chi connectivity index (χ3v) is 3.38. The zero-order chi connectivity index (χ0) is 14.7. The van der Waals surface area contributed by atoms with Crippen LogP contribution in [0.5, 0.6) is 0 Å². The van der Waals surface area contributed by atoms with Crippen molar-refractivity contribution in [2.24, 2.45) is 0 Å². The van der Waals surface area contributed by atoms with Gasteiger partial charge in [-0.1, -0.05) is 6.07 Å². The van der Waals surface area contributed by atoms with Gasteiger partial charge in [-0.2, -0.15) is 5.26 Å². The van der Waals surface area contributed by atoms with Crippen LogP contribution in [0.4, 0.5) is 17.1 Å². The van der Waals surface area contributed by atoms with Crippen LogP contribution in [0.2, 0.25) is 0 Å². The van der Waals surface area contributed by atoms with Gasteiger partial charge in [-0.15, -0.1) is 0 Å². The Morgan fingerprint density at radius 3 is 2.30 bits per heavy atom. The lowest BCUT2D eigenvalue weighted by molar-refractivity contribution is 1.17. The molecule has 102 valence electrons. The van der Waals surface area contributed by atoms with E-state index in [1.54, 1.807) is 0 Å². The van der Waals surface area contributed by atoms with Crippen LogP contribution >= 0.6 is 0 Å². The monoisotopic (exact) mass is 265 g/mol. The van der Waals surface area contributed by atoms with E-state index in [9.17, 15) is 0 Å². The summed E-state index contributed by atoms with van der Waals surface area (Å²) in [6.45, 7) is 4.18. The highest BCUT2D eigenvalue weighted by Crippen LogP contribution is 2.28. The molecule has 0 heterocycles. The van der Waals surface area contributed by atoms with E-state index in [0.717, 1.165) is 16.9 Å². The molecular weight excluding hydrogens is 246 g/mol. The molecule has 3 heteroatoms.